The third-order valence-corrected chi connectivity index (χ3v) is 2.68. The molecule has 1 heterocycles. The SMILES string of the molecule is O=C(Nc1ccon1)c1ccc(C#CCCO)c(Cl)c1. The summed E-state index contributed by atoms with van der Waals surface area (Å²) in [5.41, 5.74) is 1.00. The zero-order chi connectivity index (χ0) is 14.4. The molecular weight excluding hydrogens is 280 g/mol. The summed E-state index contributed by atoms with van der Waals surface area (Å²) in [6.45, 7) is 0.00279. The smallest absolute Gasteiger partial charge is 0.256 e. The van der Waals surface area contributed by atoms with Gasteiger partial charge in [-0.2, -0.15) is 0 Å². The van der Waals surface area contributed by atoms with E-state index in [1.165, 1.54) is 18.4 Å². The van der Waals surface area contributed by atoms with Crippen LogP contribution in [0.2, 0.25) is 5.02 Å². The average molecular weight is 291 g/mol. The van der Waals surface area contributed by atoms with E-state index in [9.17, 15) is 4.79 Å². The van der Waals surface area contributed by atoms with Crippen LogP contribution < -0.4 is 5.32 Å². The zero-order valence-corrected chi connectivity index (χ0v) is 11.1. The van der Waals surface area contributed by atoms with Crippen molar-refractivity contribution in [3.05, 3.63) is 46.7 Å². The molecule has 0 aliphatic heterocycles. The molecule has 0 bridgehead atoms. The molecule has 0 saturated carbocycles. The molecule has 0 aliphatic carbocycles. The molecular formula is C14H11ClN2O3. The lowest BCUT2D eigenvalue weighted by atomic mass is 10.1. The fraction of sp³-hybridized carbons (Fsp3) is 0.143. The number of hydrogen-bond acceptors (Lipinski definition) is 4. The monoisotopic (exact) mass is 290 g/mol. The van der Waals surface area contributed by atoms with E-state index in [0.29, 0.717) is 28.4 Å². The molecule has 0 saturated heterocycles. The van der Waals surface area contributed by atoms with Crippen LogP contribution in [0.25, 0.3) is 0 Å². The minimum atomic E-state index is -0.337. The molecule has 0 fully saturated rings. The first kappa shape index (κ1) is 14.1. The molecule has 20 heavy (non-hydrogen) atoms. The first-order chi connectivity index (χ1) is 9.70. The third kappa shape index (κ3) is 3.60. The number of aliphatic hydroxyl groups excluding tert-OH is 1. The Hall–Kier alpha value is -2.29. The van der Waals surface area contributed by atoms with Crippen LogP contribution in [0.15, 0.2) is 35.1 Å². The molecule has 2 rings (SSSR count). The summed E-state index contributed by atoms with van der Waals surface area (Å²) < 4.78 is 4.62. The standard InChI is InChI=1S/C14H11ClN2O3/c15-12-9-11(5-4-10(12)3-1-2-7-18)14(19)16-13-6-8-20-17-13/h4-6,8-9,18H,2,7H2,(H,16,17,19). The van der Waals surface area contributed by atoms with E-state index >= 15 is 0 Å². The molecule has 2 N–H and O–H groups in total. The minimum Gasteiger partial charge on any atom is -0.395 e. The van der Waals surface area contributed by atoms with Crippen LogP contribution in [0, 0.1) is 11.8 Å². The Balaban J connectivity index is 2.12. The first-order valence-electron chi connectivity index (χ1n) is 5.81. The summed E-state index contributed by atoms with van der Waals surface area (Å²) in [4.78, 5) is 11.9. The number of halogens is 1. The number of benzene rings is 1. The maximum absolute atomic E-state index is 11.9. The molecule has 2 aromatic rings. The number of amides is 1. The Morgan fingerprint density at radius 1 is 1.45 bits per heavy atom. The van der Waals surface area contributed by atoms with E-state index in [0.717, 1.165) is 0 Å². The fourth-order valence-corrected chi connectivity index (χ4v) is 1.66. The van der Waals surface area contributed by atoms with Crippen molar-refractivity contribution in [1.29, 1.82) is 0 Å². The molecule has 0 aliphatic rings. The summed E-state index contributed by atoms with van der Waals surface area (Å²) in [7, 11) is 0. The molecule has 1 aromatic carbocycles. The third-order valence-electron chi connectivity index (χ3n) is 2.37. The van der Waals surface area contributed by atoms with Crippen LogP contribution in [0.5, 0.6) is 0 Å². The topological polar surface area (TPSA) is 75.4 Å². The van der Waals surface area contributed by atoms with Crippen molar-refractivity contribution in [2.75, 3.05) is 11.9 Å². The van der Waals surface area contributed by atoms with Gasteiger partial charge in [0.15, 0.2) is 5.82 Å². The summed E-state index contributed by atoms with van der Waals surface area (Å²) in [5.74, 6) is 5.59. The lowest BCUT2D eigenvalue weighted by molar-refractivity contribution is 0.102. The molecule has 0 radical (unpaired) electrons. The largest absolute Gasteiger partial charge is 0.395 e. The Bertz CT molecular complexity index is 657. The Kier molecular flexibility index (Phi) is 4.77. The van der Waals surface area contributed by atoms with Gasteiger partial charge in [-0.1, -0.05) is 28.6 Å². The van der Waals surface area contributed by atoms with E-state index in [2.05, 4.69) is 26.8 Å². The van der Waals surface area contributed by atoms with Gasteiger partial charge in [-0.05, 0) is 18.2 Å². The Labute approximate surface area is 120 Å². The minimum absolute atomic E-state index is 0.00279. The predicted octanol–water partition coefficient (Wildman–Crippen LogP) is 2.31. The van der Waals surface area contributed by atoms with Gasteiger partial charge in [-0.25, -0.2) is 0 Å². The van der Waals surface area contributed by atoms with Crippen LogP contribution >= 0.6 is 11.6 Å². The lowest BCUT2D eigenvalue weighted by Crippen LogP contribution is -2.12. The van der Waals surface area contributed by atoms with Crippen molar-refractivity contribution < 1.29 is 14.4 Å². The van der Waals surface area contributed by atoms with Crippen molar-refractivity contribution in [2.45, 2.75) is 6.42 Å². The van der Waals surface area contributed by atoms with E-state index < -0.39 is 0 Å². The highest BCUT2D eigenvalue weighted by Gasteiger charge is 2.09. The number of nitrogens with one attached hydrogen (secondary N) is 1. The van der Waals surface area contributed by atoms with Crippen LogP contribution in [-0.2, 0) is 0 Å². The van der Waals surface area contributed by atoms with Gasteiger partial charge in [0.25, 0.3) is 5.91 Å². The number of carbonyl (C=O) groups is 1. The van der Waals surface area contributed by atoms with Gasteiger partial charge in [0.05, 0.1) is 11.6 Å². The Morgan fingerprint density at radius 2 is 2.30 bits per heavy atom. The predicted molar refractivity (Wildman–Crippen MR) is 74.5 cm³/mol. The maximum atomic E-state index is 11.9. The van der Waals surface area contributed by atoms with Gasteiger partial charge >= 0.3 is 0 Å². The van der Waals surface area contributed by atoms with Crippen LogP contribution in [0.4, 0.5) is 5.82 Å². The average Bonchev–Trinajstić information content (AvgIpc) is 2.93. The van der Waals surface area contributed by atoms with Crippen molar-refractivity contribution in [3.8, 4) is 11.8 Å². The molecule has 0 unspecified atom stereocenters. The van der Waals surface area contributed by atoms with Gasteiger partial charge in [0.1, 0.15) is 6.26 Å². The van der Waals surface area contributed by atoms with Crippen LogP contribution in [0.3, 0.4) is 0 Å². The second-order valence-corrected chi connectivity index (χ2v) is 4.22. The van der Waals surface area contributed by atoms with Crippen molar-refractivity contribution in [2.24, 2.45) is 0 Å². The van der Waals surface area contributed by atoms with E-state index in [1.54, 1.807) is 12.1 Å². The normalized spacial score (nSPS) is 9.70. The van der Waals surface area contributed by atoms with Gasteiger partial charge in [0, 0.05) is 23.6 Å². The van der Waals surface area contributed by atoms with Gasteiger partial charge < -0.3 is 14.9 Å². The van der Waals surface area contributed by atoms with E-state index in [4.69, 9.17) is 16.7 Å². The highest BCUT2D eigenvalue weighted by atomic mass is 35.5. The molecule has 1 aromatic heterocycles. The second-order valence-electron chi connectivity index (χ2n) is 3.81. The first-order valence-corrected chi connectivity index (χ1v) is 6.19. The van der Waals surface area contributed by atoms with Crippen molar-refractivity contribution in [1.82, 2.24) is 5.16 Å². The molecule has 5 nitrogen and oxygen atoms in total. The second kappa shape index (κ2) is 6.75. The van der Waals surface area contributed by atoms with Crippen LogP contribution in [-0.4, -0.2) is 22.8 Å². The number of hydrogen-bond donors (Lipinski definition) is 2. The van der Waals surface area contributed by atoms with Crippen molar-refractivity contribution in [3.63, 3.8) is 0 Å². The fourth-order valence-electron chi connectivity index (χ4n) is 1.44. The zero-order valence-electron chi connectivity index (χ0n) is 10.4. The number of aliphatic hydroxyl groups is 1. The highest BCUT2D eigenvalue weighted by molar-refractivity contribution is 6.32. The number of anilines is 1. The van der Waals surface area contributed by atoms with Crippen LogP contribution in [0.1, 0.15) is 22.3 Å². The number of rotatable bonds is 3. The summed E-state index contributed by atoms with van der Waals surface area (Å²) in [6, 6.07) is 6.34. The summed E-state index contributed by atoms with van der Waals surface area (Å²) in [6.07, 6.45) is 1.74. The Morgan fingerprint density at radius 3 is 2.95 bits per heavy atom. The quantitative estimate of drug-likeness (QED) is 0.851. The maximum Gasteiger partial charge on any atom is 0.256 e. The summed E-state index contributed by atoms with van der Waals surface area (Å²) >= 11 is 6.06. The van der Waals surface area contributed by atoms with Gasteiger partial charge in [0.2, 0.25) is 0 Å². The number of carbonyl (C=O) groups excluding carboxylic acids is 1. The van der Waals surface area contributed by atoms with Crippen molar-refractivity contribution >= 4 is 23.3 Å². The summed E-state index contributed by atoms with van der Waals surface area (Å²) in [5, 5.41) is 15.2. The van der Waals surface area contributed by atoms with E-state index in [1.807, 2.05) is 0 Å². The molecule has 102 valence electrons. The van der Waals surface area contributed by atoms with Gasteiger partial charge in [-0.3, -0.25) is 4.79 Å². The highest BCUT2D eigenvalue weighted by Crippen LogP contribution is 2.18. The molecule has 6 heteroatoms. The molecule has 0 atom stereocenters. The molecule has 1 amide bonds. The van der Waals surface area contributed by atoms with Gasteiger partial charge in [-0.15, -0.1) is 0 Å². The number of aromatic nitrogens is 1. The van der Waals surface area contributed by atoms with E-state index in [-0.39, 0.29) is 12.5 Å². The molecule has 0 spiro atoms. The number of nitrogens with zero attached hydrogens (tertiary/aromatic N) is 1. The lowest BCUT2D eigenvalue weighted by Gasteiger charge is -2.03.